The van der Waals surface area contributed by atoms with Crippen LogP contribution in [0.4, 0.5) is 0 Å². The first-order valence-corrected chi connectivity index (χ1v) is 7.84. The maximum atomic E-state index is 11.1. The van der Waals surface area contributed by atoms with E-state index < -0.39 is 0 Å². The molecule has 5 heteroatoms. The summed E-state index contributed by atoms with van der Waals surface area (Å²) in [6, 6.07) is 0.341. The van der Waals surface area contributed by atoms with Gasteiger partial charge in [-0.25, -0.2) is 0 Å². The summed E-state index contributed by atoms with van der Waals surface area (Å²) in [6.45, 7) is 9.31. The Hall–Kier alpha value is -0.650. The molecular weight excluding hydrogens is 254 g/mol. The highest BCUT2D eigenvalue weighted by Gasteiger charge is 2.31. The van der Waals surface area contributed by atoms with Crippen LogP contribution in [0.15, 0.2) is 0 Å². The topological polar surface area (TPSA) is 78.6 Å². The van der Waals surface area contributed by atoms with Gasteiger partial charge in [-0.15, -0.1) is 0 Å². The Kier molecular flexibility index (Phi) is 7.48. The number of amides is 1. The minimum absolute atomic E-state index is 0.227. The van der Waals surface area contributed by atoms with E-state index in [9.17, 15) is 9.90 Å². The molecule has 1 aliphatic heterocycles. The number of rotatable bonds is 8. The lowest BCUT2D eigenvalue weighted by Crippen LogP contribution is -2.53. The molecule has 118 valence electrons. The number of hydrogen-bond acceptors (Lipinski definition) is 4. The molecule has 0 aromatic heterocycles. The summed E-state index contributed by atoms with van der Waals surface area (Å²) in [4.78, 5) is 13.2. The standard InChI is InChI=1S/C15H31N3O2/c1-4-14(19)12-7-13(17-6-5-11(2)3)9-18(8-12)10-15(16)20/h11-14,17,19H,4-10H2,1-3H3,(H2,16,20). The number of aliphatic hydroxyl groups is 1. The van der Waals surface area contributed by atoms with E-state index >= 15 is 0 Å². The average molecular weight is 285 g/mol. The highest BCUT2D eigenvalue weighted by molar-refractivity contribution is 5.75. The van der Waals surface area contributed by atoms with Crippen LogP contribution in [0.1, 0.15) is 40.0 Å². The molecule has 0 spiro atoms. The van der Waals surface area contributed by atoms with E-state index in [1.54, 1.807) is 0 Å². The first-order valence-electron chi connectivity index (χ1n) is 7.84. The molecule has 0 bridgehead atoms. The first-order chi connectivity index (χ1) is 9.42. The smallest absolute Gasteiger partial charge is 0.231 e. The molecular formula is C15H31N3O2. The molecule has 4 N–H and O–H groups in total. The minimum Gasteiger partial charge on any atom is -0.393 e. The van der Waals surface area contributed by atoms with E-state index in [0.717, 1.165) is 38.9 Å². The molecule has 0 aromatic carbocycles. The Morgan fingerprint density at radius 2 is 2.15 bits per heavy atom. The number of primary amides is 1. The molecule has 3 atom stereocenters. The lowest BCUT2D eigenvalue weighted by atomic mass is 9.88. The second-order valence-corrected chi connectivity index (χ2v) is 6.47. The van der Waals surface area contributed by atoms with Gasteiger partial charge >= 0.3 is 0 Å². The summed E-state index contributed by atoms with van der Waals surface area (Å²) in [6.07, 6.45) is 2.59. The predicted molar refractivity (Wildman–Crippen MR) is 81.3 cm³/mol. The molecule has 3 unspecified atom stereocenters. The van der Waals surface area contributed by atoms with Crippen molar-refractivity contribution in [2.24, 2.45) is 17.6 Å². The quantitative estimate of drug-likeness (QED) is 0.609. The molecule has 1 rings (SSSR count). The van der Waals surface area contributed by atoms with Gasteiger partial charge < -0.3 is 16.2 Å². The van der Waals surface area contributed by atoms with E-state index in [4.69, 9.17) is 5.73 Å². The maximum absolute atomic E-state index is 11.1. The van der Waals surface area contributed by atoms with Crippen molar-refractivity contribution in [2.75, 3.05) is 26.2 Å². The van der Waals surface area contributed by atoms with Crippen molar-refractivity contribution < 1.29 is 9.90 Å². The first kappa shape index (κ1) is 17.4. The van der Waals surface area contributed by atoms with Crippen LogP contribution < -0.4 is 11.1 Å². The molecule has 0 aliphatic carbocycles. The van der Waals surface area contributed by atoms with Crippen LogP contribution in [0, 0.1) is 11.8 Å². The van der Waals surface area contributed by atoms with Crippen molar-refractivity contribution in [3.63, 3.8) is 0 Å². The molecule has 0 saturated carbocycles. The molecule has 1 amide bonds. The molecule has 5 nitrogen and oxygen atoms in total. The number of hydrogen-bond donors (Lipinski definition) is 3. The van der Waals surface area contributed by atoms with E-state index in [2.05, 4.69) is 24.1 Å². The highest BCUT2D eigenvalue weighted by Crippen LogP contribution is 2.22. The van der Waals surface area contributed by atoms with Crippen molar-refractivity contribution in [2.45, 2.75) is 52.2 Å². The summed E-state index contributed by atoms with van der Waals surface area (Å²) in [5, 5.41) is 13.7. The molecule has 1 aliphatic rings. The normalized spacial score (nSPS) is 25.9. The van der Waals surface area contributed by atoms with Crippen LogP contribution >= 0.6 is 0 Å². The van der Waals surface area contributed by atoms with Gasteiger partial charge in [-0.2, -0.15) is 0 Å². The largest absolute Gasteiger partial charge is 0.393 e. The third-order valence-corrected chi connectivity index (χ3v) is 4.06. The van der Waals surface area contributed by atoms with Crippen molar-refractivity contribution >= 4 is 5.91 Å². The fourth-order valence-corrected chi connectivity index (χ4v) is 2.92. The summed E-state index contributed by atoms with van der Waals surface area (Å²) in [5.74, 6) is 0.618. The number of carbonyl (C=O) groups excluding carboxylic acids is 1. The Balaban J connectivity index is 2.52. The Morgan fingerprint density at radius 1 is 1.45 bits per heavy atom. The average Bonchev–Trinajstić information content (AvgIpc) is 2.36. The van der Waals surface area contributed by atoms with Gasteiger partial charge in [-0.1, -0.05) is 20.8 Å². The highest BCUT2D eigenvalue weighted by atomic mass is 16.3. The zero-order valence-corrected chi connectivity index (χ0v) is 13.1. The van der Waals surface area contributed by atoms with Gasteiger partial charge in [0.25, 0.3) is 0 Å². The fourth-order valence-electron chi connectivity index (χ4n) is 2.92. The molecule has 1 heterocycles. The number of nitrogens with zero attached hydrogens (tertiary/aromatic N) is 1. The molecule has 1 fully saturated rings. The van der Waals surface area contributed by atoms with Crippen LogP contribution in [0.5, 0.6) is 0 Å². The lowest BCUT2D eigenvalue weighted by Gasteiger charge is -2.39. The van der Waals surface area contributed by atoms with E-state index in [0.29, 0.717) is 12.0 Å². The summed E-state index contributed by atoms with van der Waals surface area (Å²) in [7, 11) is 0. The van der Waals surface area contributed by atoms with Gasteiger partial charge in [0.05, 0.1) is 12.6 Å². The third-order valence-electron chi connectivity index (χ3n) is 4.06. The van der Waals surface area contributed by atoms with Gasteiger partial charge in [0, 0.05) is 19.1 Å². The molecule has 20 heavy (non-hydrogen) atoms. The van der Waals surface area contributed by atoms with Crippen LogP contribution in [0.25, 0.3) is 0 Å². The van der Waals surface area contributed by atoms with Gasteiger partial charge in [0.1, 0.15) is 0 Å². The number of likely N-dealkylation sites (tertiary alicyclic amines) is 1. The molecule has 1 saturated heterocycles. The van der Waals surface area contributed by atoms with E-state index in [-0.39, 0.29) is 24.5 Å². The van der Waals surface area contributed by atoms with E-state index in [1.165, 1.54) is 0 Å². The monoisotopic (exact) mass is 285 g/mol. The van der Waals surface area contributed by atoms with Crippen molar-refractivity contribution in [1.82, 2.24) is 10.2 Å². The molecule has 0 radical (unpaired) electrons. The van der Waals surface area contributed by atoms with Crippen molar-refractivity contribution in [1.29, 1.82) is 0 Å². The maximum Gasteiger partial charge on any atom is 0.231 e. The van der Waals surface area contributed by atoms with Crippen LogP contribution in [-0.2, 0) is 4.79 Å². The predicted octanol–water partition coefficient (Wildman–Crippen LogP) is 0.569. The zero-order valence-electron chi connectivity index (χ0n) is 13.1. The van der Waals surface area contributed by atoms with Crippen LogP contribution in [0.3, 0.4) is 0 Å². The van der Waals surface area contributed by atoms with Crippen LogP contribution in [0.2, 0.25) is 0 Å². The van der Waals surface area contributed by atoms with E-state index in [1.807, 2.05) is 6.92 Å². The van der Waals surface area contributed by atoms with Gasteiger partial charge in [0.2, 0.25) is 5.91 Å². The summed E-state index contributed by atoms with van der Waals surface area (Å²) in [5.41, 5.74) is 5.30. The second kappa shape index (κ2) is 8.60. The number of piperidine rings is 1. The third kappa shape index (κ3) is 6.20. The number of nitrogens with two attached hydrogens (primary N) is 1. The van der Waals surface area contributed by atoms with Crippen LogP contribution in [-0.4, -0.2) is 54.2 Å². The van der Waals surface area contributed by atoms with Crippen molar-refractivity contribution in [3.05, 3.63) is 0 Å². The van der Waals surface area contributed by atoms with Gasteiger partial charge in [0.15, 0.2) is 0 Å². The fraction of sp³-hybridized carbons (Fsp3) is 0.933. The summed E-state index contributed by atoms with van der Waals surface area (Å²) < 4.78 is 0. The second-order valence-electron chi connectivity index (χ2n) is 6.47. The Morgan fingerprint density at radius 3 is 2.70 bits per heavy atom. The van der Waals surface area contributed by atoms with Gasteiger partial charge in [-0.3, -0.25) is 9.69 Å². The number of aliphatic hydroxyl groups excluding tert-OH is 1. The van der Waals surface area contributed by atoms with Gasteiger partial charge in [-0.05, 0) is 37.6 Å². The lowest BCUT2D eigenvalue weighted by molar-refractivity contribution is -0.120. The minimum atomic E-state index is -0.294. The Bertz CT molecular complexity index is 297. The summed E-state index contributed by atoms with van der Waals surface area (Å²) >= 11 is 0. The van der Waals surface area contributed by atoms with Crippen molar-refractivity contribution in [3.8, 4) is 0 Å². The number of carbonyl (C=O) groups is 1. The number of nitrogens with one attached hydrogen (secondary N) is 1. The zero-order chi connectivity index (χ0) is 15.1. The Labute approximate surface area is 122 Å². The molecule has 0 aromatic rings. The SMILES string of the molecule is CCC(O)C1CC(NCCC(C)C)CN(CC(N)=O)C1.